The van der Waals surface area contributed by atoms with Crippen LogP contribution in [0.15, 0.2) is 96.6 Å². The minimum atomic E-state index is -0.274. The highest BCUT2D eigenvalue weighted by molar-refractivity contribution is 6.01. The first kappa shape index (κ1) is 17.6. The molecule has 3 aromatic rings. The molecule has 0 aromatic heterocycles. The van der Waals surface area contributed by atoms with E-state index in [1.807, 2.05) is 42.5 Å². The van der Waals surface area contributed by atoms with Gasteiger partial charge in [0.25, 0.3) is 0 Å². The van der Waals surface area contributed by atoms with Crippen molar-refractivity contribution in [1.82, 2.24) is 5.01 Å². The first-order valence-corrected chi connectivity index (χ1v) is 9.84. The van der Waals surface area contributed by atoms with Crippen LogP contribution in [-0.4, -0.2) is 17.3 Å². The predicted octanol–water partition coefficient (Wildman–Crippen LogP) is 5.49. The zero-order valence-corrected chi connectivity index (χ0v) is 16.1. The van der Waals surface area contributed by atoms with Gasteiger partial charge in [-0.3, -0.25) is 0 Å². The molecule has 0 radical (unpaired) electrons. The lowest BCUT2D eigenvalue weighted by Gasteiger charge is -2.38. The molecule has 0 bridgehead atoms. The molecule has 0 saturated carbocycles. The van der Waals surface area contributed by atoms with Crippen LogP contribution in [0.2, 0.25) is 0 Å². The third-order valence-electron chi connectivity index (χ3n) is 5.34. The smallest absolute Gasteiger partial charge is 0.213 e. The van der Waals surface area contributed by atoms with Gasteiger partial charge in [0.15, 0.2) is 0 Å². The molecule has 0 aliphatic carbocycles. The Balaban J connectivity index is 1.51. The number of benzene rings is 3. The van der Waals surface area contributed by atoms with E-state index in [1.165, 1.54) is 5.56 Å². The molecule has 4 nitrogen and oxygen atoms in total. The third-order valence-corrected chi connectivity index (χ3v) is 5.34. The van der Waals surface area contributed by atoms with Gasteiger partial charge in [-0.15, -0.1) is 0 Å². The molecular formula is C25H22N2O2. The van der Waals surface area contributed by atoms with E-state index in [4.69, 9.17) is 14.6 Å². The zero-order chi connectivity index (χ0) is 19.6. The maximum absolute atomic E-state index is 6.40. The summed E-state index contributed by atoms with van der Waals surface area (Å²) in [4.78, 5) is 0. The van der Waals surface area contributed by atoms with Crippen molar-refractivity contribution in [3.8, 4) is 11.5 Å². The Kier molecular flexibility index (Phi) is 4.53. The number of nitrogens with zero attached hydrogens (tertiary/aromatic N) is 2. The second-order valence-electron chi connectivity index (χ2n) is 7.19. The van der Waals surface area contributed by atoms with E-state index < -0.39 is 0 Å². The standard InChI is InChI=1S/C25H22N2O2/c1-2-16-28-20-14-12-19(13-15-20)25-27-23(21-10-6-7-11-24(21)29-25)17-22(26-27)18-8-4-3-5-9-18/h2-15,23,25H,1,16-17H2/t23-,25-/m0/s1. The van der Waals surface area contributed by atoms with Gasteiger partial charge in [0, 0.05) is 17.5 Å². The van der Waals surface area contributed by atoms with E-state index in [9.17, 15) is 0 Å². The highest BCUT2D eigenvalue weighted by Gasteiger charge is 2.40. The second kappa shape index (κ2) is 7.47. The van der Waals surface area contributed by atoms with E-state index in [0.29, 0.717) is 6.61 Å². The fraction of sp³-hybridized carbons (Fsp3) is 0.160. The Hall–Kier alpha value is -3.53. The highest BCUT2D eigenvalue weighted by Crippen LogP contribution is 2.47. The Morgan fingerprint density at radius 2 is 1.76 bits per heavy atom. The number of ether oxygens (including phenoxy) is 2. The topological polar surface area (TPSA) is 34.1 Å². The van der Waals surface area contributed by atoms with Gasteiger partial charge in [-0.25, -0.2) is 5.01 Å². The van der Waals surface area contributed by atoms with Crippen molar-refractivity contribution in [3.63, 3.8) is 0 Å². The van der Waals surface area contributed by atoms with Crippen molar-refractivity contribution in [2.45, 2.75) is 18.7 Å². The van der Waals surface area contributed by atoms with Crippen molar-refractivity contribution in [2.24, 2.45) is 5.10 Å². The van der Waals surface area contributed by atoms with Gasteiger partial charge >= 0.3 is 0 Å². The van der Waals surface area contributed by atoms with Crippen molar-refractivity contribution in [1.29, 1.82) is 0 Å². The summed E-state index contributed by atoms with van der Waals surface area (Å²) in [6, 6.07) is 26.8. The SMILES string of the molecule is C=CCOc1ccc([C@@H]2Oc3ccccc3[C@@H]3CC(c4ccccc4)=NN32)cc1. The van der Waals surface area contributed by atoms with Crippen LogP contribution >= 0.6 is 0 Å². The molecule has 2 atom stereocenters. The molecule has 5 rings (SSSR count). The van der Waals surface area contributed by atoms with Crippen molar-refractivity contribution in [3.05, 3.63) is 108 Å². The normalized spacial score (nSPS) is 19.6. The zero-order valence-electron chi connectivity index (χ0n) is 16.1. The molecular weight excluding hydrogens is 360 g/mol. The van der Waals surface area contributed by atoms with Gasteiger partial charge in [-0.05, 0) is 35.9 Å². The summed E-state index contributed by atoms with van der Waals surface area (Å²) in [5, 5.41) is 7.09. The van der Waals surface area contributed by atoms with E-state index in [1.54, 1.807) is 6.08 Å². The quantitative estimate of drug-likeness (QED) is 0.547. The second-order valence-corrected chi connectivity index (χ2v) is 7.19. The lowest BCUT2D eigenvalue weighted by atomic mass is 9.96. The van der Waals surface area contributed by atoms with Gasteiger partial charge in [-0.2, -0.15) is 5.10 Å². The molecule has 144 valence electrons. The van der Waals surface area contributed by atoms with Crippen LogP contribution in [0.5, 0.6) is 11.5 Å². The summed E-state index contributed by atoms with van der Waals surface area (Å²) >= 11 is 0. The van der Waals surface area contributed by atoms with Crippen LogP contribution in [0.1, 0.15) is 35.4 Å². The average molecular weight is 382 g/mol. The van der Waals surface area contributed by atoms with Gasteiger partial charge in [0.05, 0.1) is 11.8 Å². The number of hydrazone groups is 1. The van der Waals surface area contributed by atoms with Crippen LogP contribution in [0.4, 0.5) is 0 Å². The maximum Gasteiger partial charge on any atom is 0.213 e. The van der Waals surface area contributed by atoms with Crippen LogP contribution in [0, 0.1) is 0 Å². The lowest BCUT2D eigenvalue weighted by molar-refractivity contribution is -0.0190. The molecule has 0 amide bonds. The van der Waals surface area contributed by atoms with E-state index in [0.717, 1.165) is 34.8 Å². The first-order chi connectivity index (χ1) is 14.3. The maximum atomic E-state index is 6.40. The van der Waals surface area contributed by atoms with Crippen LogP contribution in [-0.2, 0) is 0 Å². The molecule has 0 unspecified atom stereocenters. The summed E-state index contributed by atoms with van der Waals surface area (Å²) in [5.74, 6) is 1.74. The van der Waals surface area contributed by atoms with E-state index >= 15 is 0 Å². The summed E-state index contributed by atoms with van der Waals surface area (Å²) < 4.78 is 12.0. The number of hydrogen-bond donors (Lipinski definition) is 0. The number of fused-ring (bicyclic) bond motifs is 3. The van der Waals surface area contributed by atoms with Crippen molar-refractivity contribution >= 4 is 5.71 Å². The largest absolute Gasteiger partial charge is 0.490 e. The molecule has 2 aliphatic rings. The lowest BCUT2D eigenvalue weighted by Crippen LogP contribution is -2.33. The van der Waals surface area contributed by atoms with E-state index in [-0.39, 0.29) is 12.3 Å². The molecule has 3 aromatic carbocycles. The van der Waals surface area contributed by atoms with Crippen LogP contribution in [0.3, 0.4) is 0 Å². The molecule has 4 heteroatoms. The molecule has 0 fully saturated rings. The minimum Gasteiger partial charge on any atom is -0.490 e. The van der Waals surface area contributed by atoms with Gasteiger partial charge in [0.2, 0.25) is 6.23 Å². The molecule has 2 heterocycles. The molecule has 0 N–H and O–H groups in total. The Morgan fingerprint density at radius 3 is 2.55 bits per heavy atom. The fourth-order valence-corrected chi connectivity index (χ4v) is 3.94. The molecule has 0 saturated heterocycles. The number of rotatable bonds is 5. The fourth-order valence-electron chi connectivity index (χ4n) is 3.94. The summed E-state index contributed by atoms with van der Waals surface area (Å²) in [5.41, 5.74) is 4.48. The van der Waals surface area contributed by atoms with Gasteiger partial charge in [-0.1, -0.05) is 61.2 Å². The monoisotopic (exact) mass is 382 g/mol. The predicted molar refractivity (Wildman–Crippen MR) is 114 cm³/mol. The first-order valence-electron chi connectivity index (χ1n) is 9.84. The molecule has 2 aliphatic heterocycles. The average Bonchev–Trinajstić information content (AvgIpc) is 3.24. The van der Waals surface area contributed by atoms with Gasteiger partial charge < -0.3 is 9.47 Å². The highest BCUT2D eigenvalue weighted by atomic mass is 16.5. The minimum absolute atomic E-state index is 0.164. The summed E-state index contributed by atoms with van der Waals surface area (Å²) in [7, 11) is 0. The Morgan fingerprint density at radius 1 is 1.00 bits per heavy atom. The number of para-hydroxylation sites is 1. The number of hydrogen-bond acceptors (Lipinski definition) is 4. The van der Waals surface area contributed by atoms with Crippen LogP contribution < -0.4 is 9.47 Å². The van der Waals surface area contributed by atoms with Crippen LogP contribution in [0.25, 0.3) is 0 Å². The summed E-state index contributed by atoms with van der Waals surface area (Å²) in [6.07, 6.45) is 2.33. The summed E-state index contributed by atoms with van der Waals surface area (Å²) in [6.45, 7) is 4.18. The van der Waals surface area contributed by atoms with Gasteiger partial charge in [0.1, 0.15) is 18.1 Å². The van der Waals surface area contributed by atoms with E-state index in [2.05, 4.69) is 48.0 Å². The Labute approximate surface area is 170 Å². The van der Waals surface area contributed by atoms with Crippen molar-refractivity contribution < 1.29 is 9.47 Å². The molecule has 0 spiro atoms. The Bertz CT molecular complexity index is 1040. The van der Waals surface area contributed by atoms with Crippen molar-refractivity contribution in [2.75, 3.05) is 6.61 Å². The molecule has 29 heavy (non-hydrogen) atoms. The third kappa shape index (κ3) is 3.27.